The Morgan fingerprint density at radius 3 is 3.14 bits per heavy atom. The summed E-state index contributed by atoms with van der Waals surface area (Å²) in [5.41, 5.74) is 2.96. The highest BCUT2D eigenvalue weighted by Gasteiger charge is 2.28. The molecule has 2 aliphatic rings. The summed E-state index contributed by atoms with van der Waals surface area (Å²) in [6.07, 6.45) is 5.51. The number of aromatic nitrogens is 1. The van der Waals surface area contributed by atoms with E-state index in [-0.39, 0.29) is 5.91 Å². The van der Waals surface area contributed by atoms with Gasteiger partial charge in [0, 0.05) is 6.20 Å². The number of hydrogen-bond donors (Lipinski definition) is 1. The van der Waals surface area contributed by atoms with Crippen molar-refractivity contribution >= 4 is 5.91 Å². The molecule has 0 atom stereocenters. The Labute approximate surface area is 82.5 Å². The van der Waals surface area contributed by atoms with Crippen molar-refractivity contribution in [3.8, 4) is 0 Å². The standard InChI is InChI=1S/C11H12N2O/c14-11-10-8(5-7-1-2-7)3-4-12-9(10)6-13-11/h3-4,7H,1-2,5-6H2,(H,13,14). The lowest BCUT2D eigenvalue weighted by molar-refractivity contribution is 0.0965. The summed E-state index contributed by atoms with van der Waals surface area (Å²) in [5, 5.41) is 2.82. The first kappa shape index (κ1) is 7.97. The fraction of sp³-hybridized carbons (Fsp3) is 0.455. The van der Waals surface area contributed by atoms with Crippen LogP contribution in [0.4, 0.5) is 0 Å². The molecule has 1 aliphatic heterocycles. The zero-order valence-electron chi connectivity index (χ0n) is 7.92. The lowest BCUT2D eigenvalue weighted by Gasteiger charge is -2.03. The van der Waals surface area contributed by atoms with E-state index in [1.54, 1.807) is 0 Å². The van der Waals surface area contributed by atoms with E-state index in [1.807, 2.05) is 12.3 Å². The molecule has 0 bridgehead atoms. The van der Waals surface area contributed by atoms with Crippen LogP contribution in [0.2, 0.25) is 0 Å². The predicted octanol–water partition coefficient (Wildman–Crippen LogP) is 1.28. The van der Waals surface area contributed by atoms with Gasteiger partial charge in [-0.2, -0.15) is 0 Å². The Morgan fingerprint density at radius 2 is 2.36 bits per heavy atom. The van der Waals surface area contributed by atoms with Crippen LogP contribution in [-0.4, -0.2) is 10.9 Å². The van der Waals surface area contributed by atoms with Crippen LogP contribution in [0.5, 0.6) is 0 Å². The van der Waals surface area contributed by atoms with Crippen LogP contribution in [0.25, 0.3) is 0 Å². The molecule has 3 heteroatoms. The number of hydrogen-bond acceptors (Lipinski definition) is 2. The second-order valence-corrected chi connectivity index (χ2v) is 4.12. The van der Waals surface area contributed by atoms with Gasteiger partial charge in [0.25, 0.3) is 5.91 Å². The van der Waals surface area contributed by atoms with Crippen LogP contribution in [-0.2, 0) is 13.0 Å². The first-order valence-electron chi connectivity index (χ1n) is 5.09. The van der Waals surface area contributed by atoms with Gasteiger partial charge in [0.05, 0.1) is 17.8 Å². The van der Waals surface area contributed by atoms with E-state index in [4.69, 9.17) is 0 Å². The molecule has 2 heterocycles. The van der Waals surface area contributed by atoms with E-state index in [2.05, 4.69) is 10.3 Å². The number of nitrogens with one attached hydrogen (secondary N) is 1. The van der Waals surface area contributed by atoms with E-state index >= 15 is 0 Å². The average molecular weight is 188 g/mol. The second-order valence-electron chi connectivity index (χ2n) is 4.12. The molecule has 1 amide bonds. The number of carbonyl (C=O) groups is 1. The molecule has 1 saturated carbocycles. The van der Waals surface area contributed by atoms with Crippen LogP contribution < -0.4 is 5.32 Å². The van der Waals surface area contributed by atoms with E-state index in [9.17, 15) is 4.79 Å². The largest absolute Gasteiger partial charge is 0.346 e. The zero-order valence-corrected chi connectivity index (χ0v) is 7.92. The summed E-state index contributed by atoms with van der Waals surface area (Å²) in [4.78, 5) is 15.8. The van der Waals surface area contributed by atoms with Crippen molar-refractivity contribution in [3.05, 3.63) is 29.1 Å². The van der Waals surface area contributed by atoms with E-state index in [0.29, 0.717) is 6.54 Å². The zero-order chi connectivity index (χ0) is 9.54. The maximum absolute atomic E-state index is 11.5. The van der Waals surface area contributed by atoms with Gasteiger partial charge < -0.3 is 5.32 Å². The van der Waals surface area contributed by atoms with Crippen LogP contribution in [0, 0.1) is 5.92 Å². The fourth-order valence-electron chi connectivity index (χ4n) is 2.02. The Morgan fingerprint density at radius 1 is 1.50 bits per heavy atom. The molecule has 3 nitrogen and oxygen atoms in total. The van der Waals surface area contributed by atoms with E-state index in [1.165, 1.54) is 18.4 Å². The van der Waals surface area contributed by atoms with Gasteiger partial charge in [0.1, 0.15) is 0 Å². The van der Waals surface area contributed by atoms with Gasteiger partial charge in [0.2, 0.25) is 0 Å². The topological polar surface area (TPSA) is 42.0 Å². The van der Waals surface area contributed by atoms with Crippen molar-refractivity contribution in [1.82, 2.24) is 10.3 Å². The fourth-order valence-corrected chi connectivity index (χ4v) is 2.02. The minimum atomic E-state index is 0.0590. The predicted molar refractivity (Wildman–Crippen MR) is 51.8 cm³/mol. The molecular weight excluding hydrogens is 176 g/mol. The number of rotatable bonds is 2. The Balaban J connectivity index is 2.02. The lowest BCUT2D eigenvalue weighted by Crippen LogP contribution is -2.13. The minimum absolute atomic E-state index is 0.0590. The van der Waals surface area contributed by atoms with Gasteiger partial charge >= 0.3 is 0 Å². The second kappa shape index (κ2) is 2.80. The number of fused-ring (bicyclic) bond motifs is 1. The summed E-state index contributed by atoms with van der Waals surface area (Å²) in [5.74, 6) is 0.874. The highest BCUT2D eigenvalue weighted by atomic mass is 16.1. The molecule has 1 N–H and O–H groups in total. The normalized spacial score (nSPS) is 19.3. The number of nitrogens with zero attached hydrogens (tertiary/aromatic N) is 1. The summed E-state index contributed by atoms with van der Waals surface area (Å²) >= 11 is 0. The molecule has 0 aromatic carbocycles. The van der Waals surface area contributed by atoms with Crippen molar-refractivity contribution in [1.29, 1.82) is 0 Å². The minimum Gasteiger partial charge on any atom is -0.346 e. The molecule has 1 aromatic heterocycles. The summed E-state index contributed by atoms with van der Waals surface area (Å²) in [6.45, 7) is 0.604. The molecule has 0 unspecified atom stereocenters. The summed E-state index contributed by atoms with van der Waals surface area (Å²) in [6, 6.07) is 1.99. The molecule has 3 rings (SSSR count). The number of amides is 1. The Bertz CT molecular complexity index is 396. The molecule has 0 saturated heterocycles. The Kier molecular flexibility index (Phi) is 1.60. The van der Waals surface area contributed by atoms with Crippen molar-refractivity contribution in [3.63, 3.8) is 0 Å². The molecule has 72 valence electrons. The van der Waals surface area contributed by atoms with Gasteiger partial charge in [0.15, 0.2) is 0 Å². The van der Waals surface area contributed by atoms with Gasteiger partial charge in [-0.1, -0.05) is 0 Å². The molecular formula is C11H12N2O. The summed E-state index contributed by atoms with van der Waals surface area (Å²) < 4.78 is 0. The van der Waals surface area contributed by atoms with Gasteiger partial charge in [-0.15, -0.1) is 0 Å². The Hall–Kier alpha value is -1.38. The monoisotopic (exact) mass is 188 g/mol. The number of pyridine rings is 1. The maximum atomic E-state index is 11.5. The van der Waals surface area contributed by atoms with Crippen molar-refractivity contribution in [2.75, 3.05) is 0 Å². The molecule has 0 radical (unpaired) electrons. The van der Waals surface area contributed by atoms with Crippen molar-refractivity contribution in [2.45, 2.75) is 25.8 Å². The first-order chi connectivity index (χ1) is 6.84. The van der Waals surface area contributed by atoms with Gasteiger partial charge in [-0.25, -0.2) is 0 Å². The lowest BCUT2D eigenvalue weighted by atomic mass is 10.0. The van der Waals surface area contributed by atoms with Crippen molar-refractivity contribution < 1.29 is 4.79 Å². The van der Waals surface area contributed by atoms with Crippen molar-refractivity contribution in [2.24, 2.45) is 5.92 Å². The van der Waals surface area contributed by atoms with Crippen LogP contribution in [0.1, 0.15) is 34.5 Å². The molecule has 1 fully saturated rings. The number of carbonyl (C=O) groups excluding carboxylic acids is 1. The third-order valence-electron chi connectivity index (χ3n) is 2.96. The van der Waals surface area contributed by atoms with Crippen LogP contribution in [0.3, 0.4) is 0 Å². The van der Waals surface area contributed by atoms with E-state index in [0.717, 1.165) is 23.6 Å². The first-order valence-corrected chi connectivity index (χ1v) is 5.09. The highest BCUT2D eigenvalue weighted by Crippen LogP contribution is 2.34. The van der Waals surface area contributed by atoms with Gasteiger partial charge in [-0.3, -0.25) is 9.78 Å². The molecule has 1 aromatic rings. The third-order valence-corrected chi connectivity index (χ3v) is 2.96. The highest BCUT2D eigenvalue weighted by molar-refractivity contribution is 5.99. The third kappa shape index (κ3) is 1.20. The molecule has 1 aliphatic carbocycles. The average Bonchev–Trinajstić information content (AvgIpc) is 2.91. The van der Waals surface area contributed by atoms with Crippen LogP contribution >= 0.6 is 0 Å². The van der Waals surface area contributed by atoms with Gasteiger partial charge in [-0.05, 0) is 36.8 Å². The quantitative estimate of drug-likeness (QED) is 0.759. The SMILES string of the molecule is O=C1NCc2nccc(CC3CC3)c21. The van der Waals surface area contributed by atoms with Crippen LogP contribution in [0.15, 0.2) is 12.3 Å². The van der Waals surface area contributed by atoms with E-state index < -0.39 is 0 Å². The summed E-state index contributed by atoms with van der Waals surface area (Å²) in [7, 11) is 0. The smallest absolute Gasteiger partial charge is 0.253 e. The molecule has 0 spiro atoms. The maximum Gasteiger partial charge on any atom is 0.253 e. The molecule has 14 heavy (non-hydrogen) atoms.